The van der Waals surface area contributed by atoms with Crippen molar-refractivity contribution in [2.24, 2.45) is 0 Å². The summed E-state index contributed by atoms with van der Waals surface area (Å²) in [5.74, 6) is -0.992. The molecule has 0 radical (unpaired) electrons. The van der Waals surface area contributed by atoms with Crippen LogP contribution in [0.15, 0.2) is 42.5 Å². The van der Waals surface area contributed by atoms with E-state index in [4.69, 9.17) is 5.73 Å². The number of nitro benzene ring substituents is 1. The lowest BCUT2D eigenvalue weighted by molar-refractivity contribution is -0.383. The van der Waals surface area contributed by atoms with E-state index >= 15 is 0 Å². The molecule has 20 heavy (non-hydrogen) atoms. The van der Waals surface area contributed by atoms with Gasteiger partial charge in [-0.1, -0.05) is 6.07 Å². The molecule has 0 bridgehead atoms. The minimum Gasteiger partial charge on any atom is -0.391 e. The number of nitrogens with one attached hydrogen (secondary N) is 1. The third-order valence-corrected chi connectivity index (χ3v) is 2.63. The summed E-state index contributed by atoms with van der Waals surface area (Å²) in [5, 5.41) is 13.2. The average molecular weight is 275 g/mol. The maximum Gasteiger partial charge on any atom is 0.294 e. The number of nitrogens with two attached hydrogens (primary N) is 1. The Morgan fingerprint density at radius 2 is 1.85 bits per heavy atom. The first kappa shape index (κ1) is 13.5. The Morgan fingerprint density at radius 3 is 2.45 bits per heavy atom. The maximum atomic E-state index is 12.8. The van der Waals surface area contributed by atoms with E-state index in [0.29, 0.717) is 0 Å². The van der Waals surface area contributed by atoms with E-state index in [1.165, 1.54) is 30.3 Å². The molecule has 6 nitrogen and oxygen atoms in total. The molecule has 0 heterocycles. The van der Waals surface area contributed by atoms with Crippen LogP contribution in [-0.4, -0.2) is 10.8 Å². The predicted octanol–water partition coefficient (Wildman–Crippen LogP) is 2.57. The molecule has 2 rings (SSSR count). The Kier molecular flexibility index (Phi) is 3.60. The van der Waals surface area contributed by atoms with Crippen molar-refractivity contribution in [3.8, 4) is 0 Å². The van der Waals surface area contributed by atoms with Gasteiger partial charge in [0.1, 0.15) is 11.5 Å². The number of anilines is 2. The molecule has 0 atom stereocenters. The van der Waals surface area contributed by atoms with Gasteiger partial charge in [0.2, 0.25) is 0 Å². The molecule has 2 aromatic rings. The molecule has 0 saturated carbocycles. The van der Waals surface area contributed by atoms with Gasteiger partial charge < -0.3 is 11.1 Å². The van der Waals surface area contributed by atoms with Crippen LogP contribution >= 0.6 is 0 Å². The Labute approximate surface area is 113 Å². The second-order valence-corrected chi connectivity index (χ2v) is 3.96. The number of nitro groups is 1. The van der Waals surface area contributed by atoms with Crippen LogP contribution in [0.1, 0.15) is 10.4 Å². The molecule has 1 amide bonds. The number of hydrogen-bond acceptors (Lipinski definition) is 4. The van der Waals surface area contributed by atoms with Gasteiger partial charge >= 0.3 is 0 Å². The van der Waals surface area contributed by atoms with E-state index in [1.54, 1.807) is 0 Å². The summed E-state index contributed by atoms with van der Waals surface area (Å²) in [4.78, 5) is 22.0. The number of rotatable bonds is 3. The van der Waals surface area contributed by atoms with Crippen molar-refractivity contribution in [2.45, 2.75) is 0 Å². The molecular weight excluding hydrogens is 265 g/mol. The minimum absolute atomic E-state index is 0.132. The van der Waals surface area contributed by atoms with E-state index in [9.17, 15) is 19.3 Å². The molecule has 0 aromatic heterocycles. The first-order chi connectivity index (χ1) is 9.49. The number of nitrogens with zero attached hydrogens (tertiary/aromatic N) is 1. The number of hydrogen-bond donors (Lipinski definition) is 2. The van der Waals surface area contributed by atoms with Gasteiger partial charge in [0.15, 0.2) is 0 Å². The van der Waals surface area contributed by atoms with Crippen molar-refractivity contribution in [3.05, 3.63) is 64.0 Å². The largest absolute Gasteiger partial charge is 0.391 e. The van der Waals surface area contributed by atoms with Crippen molar-refractivity contribution < 1.29 is 14.1 Å². The van der Waals surface area contributed by atoms with Gasteiger partial charge in [-0.3, -0.25) is 14.9 Å². The molecule has 0 aliphatic carbocycles. The molecular formula is C13H10FN3O3. The van der Waals surface area contributed by atoms with Gasteiger partial charge in [0.05, 0.1) is 10.6 Å². The highest BCUT2D eigenvalue weighted by atomic mass is 19.1. The van der Waals surface area contributed by atoms with Gasteiger partial charge in [-0.15, -0.1) is 0 Å². The van der Waals surface area contributed by atoms with Gasteiger partial charge in [-0.05, 0) is 30.3 Å². The number of carbonyl (C=O) groups is 1. The first-order valence-electron chi connectivity index (χ1n) is 5.59. The number of para-hydroxylation sites is 1. The van der Waals surface area contributed by atoms with Crippen LogP contribution in [0.25, 0.3) is 0 Å². The second-order valence-electron chi connectivity index (χ2n) is 3.96. The van der Waals surface area contributed by atoms with Crippen molar-refractivity contribution in [3.63, 3.8) is 0 Å². The molecule has 0 fully saturated rings. The molecule has 2 aromatic carbocycles. The maximum absolute atomic E-state index is 12.8. The van der Waals surface area contributed by atoms with Crippen LogP contribution in [0, 0.1) is 15.9 Å². The van der Waals surface area contributed by atoms with Crippen molar-refractivity contribution in [1.29, 1.82) is 0 Å². The minimum atomic E-state index is -0.636. The number of halogens is 1. The summed E-state index contributed by atoms with van der Waals surface area (Å²) >= 11 is 0. The van der Waals surface area contributed by atoms with E-state index in [0.717, 1.165) is 12.1 Å². The second kappa shape index (κ2) is 5.35. The average Bonchev–Trinajstić information content (AvgIpc) is 2.41. The zero-order chi connectivity index (χ0) is 14.7. The number of nitrogen functional groups attached to an aromatic ring is 1. The summed E-state index contributed by atoms with van der Waals surface area (Å²) in [6.07, 6.45) is 0. The summed E-state index contributed by atoms with van der Waals surface area (Å²) in [5.41, 5.74) is 5.55. The Balaban J connectivity index is 2.26. The van der Waals surface area contributed by atoms with Gasteiger partial charge in [-0.25, -0.2) is 4.39 Å². The lowest BCUT2D eigenvalue weighted by Crippen LogP contribution is -2.13. The van der Waals surface area contributed by atoms with Gasteiger partial charge in [0, 0.05) is 11.6 Å². The Morgan fingerprint density at radius 1 is 1.20 bits per heavy atom. The zero-order valence-electron chi connectivity index (χ0n) is 10.2. The van der Waals surface area contributed by atoms with Crippen LogP contribution in [-0.2, 0) is 0 Å². The molecule has 0 aliphatic rings. The molecule has 0 spiro atoms. The Bertz CT molecular complexity index is 671. The number of amides is 1. The van der Waals surface area contributed by atoms with Crippen LogP contribution in [0.3, 0.4) is 0 Å². The van der Waals surface area contributed by atoms with Crippen molar-refractivity contribution in [2.75, 3.05) is 11.1 Å². The summed E-state index contributed by atoms with van der Waals surface area (Å²) in [6.45, 7) is 0. The highest BCUT2D eigenvalue weighted by Gasteiger charge is 2.16. The lowest BCUT2D eigenvalue weighted by atomic mass is 10.2. The Hall–Kier alpha value is -2.96. The van der Waals surface area contributed by atoms with Crippen LogP contribution in [0.5, 0.6) is 0 Å². The SMILES string of the molecule is Nc1c(NC(=O)c2ccc(F)cc2)cccc1[N+](=O)[O-]. The highest BCUT2D eigenvalue weighted by molar-refractivity contribution is 6.06. The topological polar surface area (TPSA) is 98.3 Å². The molecule has 102 valence electrons. The molecule has 7 heteroatoms. The normalized spacial score (nSPS) is 10.1. The molecule has 3 N–H and O–H groups in total. The van der Waals surface area contributed by atoms with Crippen molar-refractivity contribution in [1.82, 2.24) is 0 Å². The van der Waals surface area contributed by atoms with Crippen LogP contribution < -0.4 is 11.1 Å². The molecule has 0 saturated heterocycles. The smallest absolute Gasteiger partial charge is 0.294 e. The van der Waals surface area contributed by atoms with E-state index in [-0.39, 0.29) is 22.6 Å². The fourth-order valence-corrected chi connectivity index (χ4v) is 1.62. The van der Waals surface area contributed by atoms with Crippen LogP contribution in [0.4, 0.5) is 21.5 Å². The third-order valence-electron chi connectivity index (χ3n) is 2.63. The predicted molar refractivity (Wildman–Crippen MR) is 71.9 cm³/mol. The van der Waals surface area contributed by atoms with Gasteiger partial charge in [0.25, 0.3) is 11.6 Å². The van der Waals surface area contributed by atoms with E-state index < -0.39 is 16.6 Å². The summed E-state index contributed by atoms with van der Waals surface area (Å²) in [7, 11) is 0. The number of benzene rings is 2. The van der Waals surface area contributed by atoms with Crippen LogP contribution in [0.2, 0.25) is 0 Å². The standard InChI is InChI=1S/C13H10FN3O3/c14-9-6-4-8(5-7-9)13(18)16-10-2-1-3-11(12(10)15)17(19)20/h1-7H,15H2,(H,16,18). The van der Waals surface area contributed by atoms with E-state index in [2.05, 4.69) is 5.32 Å². The van der Waals surface area contributed by atoms with Gasteiger partial charge in [-0.2, -0.15) is 0 Å². The fraction of sp³-hybridized carbons (Fsp3) is 0. The molecule has 0 unspecified atom stereocenters. The van der Waals surface area contributed by atoms with Crippen molar-refractivity contribution >= 4 is 23.0 Å². The fourth-order valence-electron chi connectivity index (χ4n) is 1.62. The van der Waals surface area contributed by atoms with E-state index in [1.807, 2.05) is 0 Å². The quantitative estimate of drug-likeness (QED) is 0.511. The monoisotopic (exact) mass is 275 g/mol. The third kappa shape index (κ3) is 2.72. The first-order valence-corrected chi connectivity index (χ1v) is 5.59. The number of carbonyl (C=O) groups excluding carboxylic acids is 1. The summed E-state index contributed by atoms with van der Waals surface area (Å²) < 4.78 is 12.8. The summed E-state index contributed by atoms with van der Waals surface area (Å²) in [6, 6.07) is 9.00. The lowest BCUT2D eigenvalue weighted by Gasteiger charge is -2.08. The molecule has 0 aliphatic heterocycles. The zero-order valence-corrected chi connectivity index (χ0v) is 10.2. The highest BCUT2D eigenvalue weighted by Crippen LogP contribution is 2.29.